The molecule has 1 aliphatic carbocycles. The Bertz CT molecular complexity index is 383. The Hall–Kier alpha value is -0.970. The fraction of sp³-hybridized carbons (Fsp3) is 0.636. The van der Waals surface area contributed by atoms with Gasteiger partial charge in [0.05, 0.1) is 5.75 Å². The van der Waals surface area contributed by atoms with E-state index < -0.39 is 5.97 Å². The van der Waals surface area contributed by atoms with Crippen LogP contribution in [0.1, 0.15) is 32.6 Å². The number of rotatable bonds is 4. The SMILES string of the molecule is CC1(n2ccnc2SCC(=O)O)CCCC1. The molecule has 0 unspecified atom stereocenters. The molecule has 1 fully saturated rings. The maximum atomic E-state index is 10.5. The molecule has 0 aromatic carbocycles. The summed E-state index contributed by atoms with van der Waals surface area (Å²) in [5.41, 5.74) is 0.136. The molecule has 0 radical (unpaired) electrons. The molecule has 0 atom stereocenters. The molecule has 1 aromatic heterocycles. The Morgan fingerprint density at radius 1 is 1.62 bits per heavy atom. The minimum atomic E-state index is -0.795. The zero-order valence-electron chi connectivity index (χ0n) is 9.35. The van der Waals surface area contributed by atoms with Crippen LogP contribution in [0, 0.1) is 0 Å². The summed E-state index contributed by atoms with van der Waals surface area (Å²) in [5.74, 6) is -0.719. The number of carboxylic acids is 1. The van der Waals surface area contributed by atoms with E-state index in [2.05, 4.69) is 16.5 Å². The Labute approximate surface area is 99.1 Å². The van der Waals surface area contributed by atoms with E-state index in [-0.39, 0.29) is 11.3 Å². The lowest BCUT2D eigenvalue weighted by molar-refractivity contribution is -0.133. The van der Waals surface area contributed by atoms with Crippen LogP contribution in [0.2, 0.25) is 0 Å². The van der Waals surface area contributed by atoms with Gasteiger partial charge in [-0.2, -0.15) is 0 Å². The van der Waals surface area contributed by atoms with E-state index in [4.69, 9.17) is 5.11 Å². The van der Waals surface area contributed by atoms with Crippen molar-refractivity contribution in [1.82, 2.24) is 9.55 Å². The van der Waals surface area contributed by atoms with Crippen LogP contribution in [0.4, 0.5) is 0 Å². The molecule has 2 rings (SSSR count). The molecule has 5 heteroatoms. The topological polar surface area (TPSA) is 55.1 Å². The van der Waals surface area contributed by atoms with Gasteiger partial charge in [-0.05, 0) is 19.8 Å². The predicted molar refractivity (Wildman–Crippen MR) is 62.7 cm³/mol. The largest absolute Gasteiger partial charge is 0.481 e. The maximum Gasteiger partial charge on any atom is 0.313 e. The number of aliphatic carboxylic acids is 1. The van der Waals surface area contributed by atoms with E-state index in [9.17, 15) is 4.79 Å². The molecule has 88 valence electrons. The van der Waals surface area contributed by atoms with Crippen LogP contribution in [0.5, 0.6) is 0 Å². The second-order valence-electron chi connectivity index (χ2n) is 4.47. The summed E-state index contributed by atoms with van der Waals surface area (Å²) in [7, 11) is 0. The van der Waals surface area contributed by atoms with Gasteiger partial charge in [0, 0.05) is 17.9 Å². The normalized spacial score (nSPS) is 18.8. The molecule has 0 aliphatic heterocycles. The van der Waals surface area contributed by atoms with Crippen molar-refractivity contribution >= 4 is 17.7 Å². The van der Waals surface area contributed by atoms with Gasteiger partial charge in [-0.15, -0.1) is 0 Å². The summed E-state index contributed by atoms with van der Waals surface area (Å²) in [6.45, 7) is 2.23. The molecule has 1 N–H and O–H groups in total. The van der Waals surface area contributed by atoms with Gasteiger partial charge < -0.3 is 9.67 Å². The zero-order chi connectivity index (χ0) is 11.6. The molecule has 16 heavy (non-hydrogen) atoms. The van der Waals surface area contributed by atoms with Gasteiger partial charge in [-0.3, -0.25) is 4.79 Å². The number of thioether (sulfide) groups is 1. The Morgan fingerprint density at radius 3 is 2.94 bits per heavy atom. The van der Waals surface area contributed by atoms with E-state index in [0.29, 0.717) is 0 Å². The summed E-state index contributed by atoms with van der Waals surface area (Å²) >= 11 is 1.30. The van der Waals surface area contributed by atoms with Crippen LogP contribution in [-0.4, -0.2) is 26.4 Å². The highest BCUT2D eigenvalue weighted by Crippen LogP contribution is 2.38. The summed E-state index contributed by atoms with van der Waals surface area (Å²) in [4.78, 5) is 14.8. The van der Waals surface area contributed by atoms with Crippen molar-refractivity contribution in [2.45, 2.75) is 43.3 Å². The first kappa shape index (κ1) is 11.5. The van der Waals surface area contributed by atoms with Gasteiger partial charge >= 0.3 is 5.97 Å². The third-order valence-electron chi connectivity index (χ3n) is 3.19. The lowest BCUT2D eigenvalue weighted by Crippen LogP contribution is -2.26. The van der Waals surface area contributed by atoms with Crippen LogP contribution in [0.25, 0.3) is 0 Å². The van der Waals surface area contributed by atoms with E-state index in [1.54, 1.807) is 6.20 Å². The highest BCUT2D eigenvalue weighted by atomic mass is 32.2. The monoisotopic (exact) mass is 240 g/mol. The van der Waals surface area contributed by atoms with Crippen LogP contribution >= 0.6 is 11.8 Å². The highest BCUT2D eigenvalue weighted by Gasteiger charge is 2.32. The van der Waals surface area contributed by atoms with E-state index in [0.717, 1.165) is 18.0 Å². The summed E-state index contributed by atoms with van der Waals surface area (Å²) in [6.07, 6.45) is 8.53. The molecule has 0 bridgehead atoms. The second kappa shape index (κ2) is 4.49. The van der Waals surface area contributed by atoms with Crippen molar-refractivity contribution in [3.63, 3.8) is 0 Å². The van der Waals surface area contributed by atoms with E-state index in [1.165, 1.54) is 24.6 Å². The number of hydrogen-bond acceptors (Lipinski definition) is 3. The van der Waals surface area contributed by atoms with Crippen molar-refractivity contribution < 1.29 is 9.90 Å². The molecule has 0 spiro atoms. The first-order valence-corrected chi connectivity index (χ1v) is 6.49. The first-order chi connectivity index (χ1) is 7.62. The van der Waals surface area contributed by atoms with Crippen molar-refractivity contribution in [3.8, 4) is 0 Å². The first-order valence-electron chi connectivity index (χ1n) is 5.50. The molecule has 0 amide bonds. The van der Waals surface area contributed by atoms with Gasteiger partial charge in [0.25, 0.3) is 0 Å². The van der Waals surface area contributed by atoms with Crippen molar-refractivity contribution in [3.05, 3.63) is 12.4 Å². The summed E-state index contributed by atoms with van der Waals surface area (Å²) < 4.78 is 2.15. The van der Waals surface area contributed by atoms with E-state index in [1.807, 2.05) is 6.20 Å². The number of aromatic nitrogens is 2. The fourth-order valence-corrected chi connectivity index (χ4v) is 3.12. The minimum Gasteiger partial charge on any atom is -0.481 e. The Kier molecular flexibility index (Phi) is 3.23. The smallest absolute Gasteiger partial charge is 0.313 e. The number of hydrogen-bond donors (Lipinski definition) is 1. The molecule has 1 heterocycles. The summed E-state index contributed by atoms with van der Waals surface area (Å²) in [6, 6.07) is 0. The van der Waals surface area contributed by atoms with Crippen molar-refractivity contribution in [1.29, 1.82) is 0 Å². The minimum absolute atomic E-state index is 0.0765. The van der Waals surface area contributed by atoms with Gasteiger partial charge in [0.2, 0.25) is 0 Å². The third kappa shape index (κ3) is 2.24. The molecule has 1 aliphatic rings. The Balaban J connectivity index is 2.15. The fourth-order valence-electron chi connectivity index (χ4n) is 2.31. The van der Waals surface area contributed by atoms with Gasteiger partial charge in [0.1, 0.15) is 0 Å². The number of carbonyl (C=O) groups is 1. The van der Waals surface area contributed by atoms with Gasteiger partial charge in [-0.1, -0.05) is 24.6 Å². The summed E-state index contributed by atoms with van der Waals surface area (Å²) in [5, 5.41) is 9.50. The Morgan fingerprint density at radius 2 is 2.31 bits per heavy atom. The number of nitrogens with zero attached hydrogens (tertiary/aromatic N) is 2. The number of imidazole rings is 1. The highest BCUT2D eigenvalue weighted by molar-refractivity contribution is 7.99. The molecule has 1 saturated carbocycles. The average molecular weight is 240 g/mol. The standard InChI is InChI=1S/C11H16N2O2S/c1-11(4-2-3-5-11)13-7-6-12-10(13)16-8-9(14)15/h6-7H,2-5,8H2,1H3,(H,14,15). The lowest BCUT2D eigenvalue weighted by Gasteiger charge is -2.27. The lowest BCUT2D eigenvalue weighted by atomic mass is 10.0. The molecular formula is C11H16N2O2S. The van der Waals surface area contributed by atoms with E-state index >= 15 is 0 Å². The van der Waals surface area contributed by atoms with Gasteiger partial charge in [0.15, 0.2) is 5.16 Å². The molecule has 1 aromatic rings. The van der Waals surface area contributed by atoms with Gasteiger partial charge in [-0.25, -0.2) is 4.98 Å². The molecule has 4 nitrogen and oxygen atoms in total. The van der Waals surface area contributed by atoms with Crippen molar-refractivity contribution in [2.24, 2.45) is 0 Å². The predicted octanol–water partition coefficient (Wildman–Crippen LogP) is 2.35. The number of carboxylic acid groups (broad SMARTS) is 1. The second-order valence-corrected chi connectivity index (χ2v) is 5.41. The van der Waals surface area contributed by atoms with Crippen LogP contribution in [0.3, 0.4) is 0 Å². The molecule has 0 saturated heterocycles. The maximum absolute atomic E-state index is 10.5. The van der Waals surface area contributed by atoms with Crippen LogP contribution in [0.15, 0.2) is 17.6 Å². The average Bonchev–Trinajstić information content (AvgIpc) is 2.83. The quantitative estimate of drug-likeness (QED) is 0.821. The molecular weight excluding hydrogens is 224 g/mol. The van der Waals surface area contributed by atoms with Crippen LogP contribution in [-0.2, 0) is 10.3 Å². The van der Waals surface area contributed by atoms with Crippen molar-refractivity contribution in [2.75, 3.05) is 5.75 Å². The van der Waals surface area contributed by atoms with Crippen LogP contribution < -0.4 is 0 Å². The zero-order valence-corrected chi connectivity index (χ0v) is 10.2. The third-order valence-corrected chi connectivity index (χ3v) is 4.15.